The van der Waals surface area contributed by atoms with Crippen molar-refractivity contribution in [2.45, 2.75) is 39.2 Å². The first-order valence-electron chi connectivity index (χ1n) is 5.75. The van der Waals surface area contributed by atoms with Crippen LogP contribution >= 0.6 is 0 Å². The van der Waals surface area contributed by atoms with Gasteiger partial charge in [0.2, 0.25) is 0 Å². The van der Waals surface area contributed by atoms with Gasteiger partial charge in [0.25, 0.3) is 0 Å². The van der Waals surface area contributed by atoms with Gasteiger partial charge in [-0.3, -0.25) is 4.79 Å². The number of carbonyl (C=O) groups is 1. The van der Waals surface area contributed by atoms with Gasteiger partial charge in [-0.15, -0.1) is 0 Å². The first-order valence-corrected chi connectivity index (χ1v) is 7.57. The molecule has 0 aromatic carbocycles. The molecule has 0 spiro atoms. The topological polar surface area (TPSA) is 80.7 Å². The highest BCUT2D eigenvalue weighted by Crippen LogP contribution is 2.40. The molecule has 17 heavy (non-hydrogen) atoms. The maximum Gasteiger partial charge on any atom is 0.314 e. The van der Waals surface area contributed by atoms with Crippen LogP contribution in [0, 0.1) is 5.41 Å². The predicted molar refractivity (Wildman–Crippen MR) is 63.3 cm³/mol. The summed E-state index contributed by atoms with van der Waals surface area (Å²) >= 11 is 0. The third-order valence-electron chi connectivity index (χ3n) is 3.60. The lowest BCUT2D eigenvalue weighted by molar-refractivity contribution is -0.172. The maximum atomic E-state index is 11.8. The van der Waals surface area contributed by atoms with E-state index < -0.39 is 26.8 Å². The number of aliphatic hydroxyl groups is 1. The summed E-state index contributed by atoms with van der Waals surface area (Å²) in [6, 6.07) is 0. The molecule has 0 aliphatic carbocycles. The summed E-state index contributed by atoms with van der Waals surface area (Å²) in [7, 11) is -3.06. The van der Waals surface area contributed by atoms with Gasteiger partial charge in [-0.05, 0) is 33.6 Å². The number of hydrogen-bond acceptors (Lipinski definition) is 5. The molecule has 0 radical (unpaired) electrons. The standard InChI is InChI=1S/C11H20O5S/c1-4-16-9(12)10(2,3)11(13)5-7-17(14,15)8-6-11/h13H,4-8H2,1-3H3. The number of ether oxygens (including phenoxy) is 1. The zero-order chi connectivity index (χ0) is 13.3. The first-order chi connectivity index (χ1) is 7.65. The average Bonchev–Trinajstić information content (AvgIpc) is 2.23. The molecule has 0 atom stereocenters. The van der Waals surface area contributed by atoms with Crippen LogP contribution in [-0.2, 0) is 19.4 Å². The lowest BCUT2D eigenvalue weighted by atomic mass is 9.71. The second-order valence-corrected chi connectivity index (χ2v) is 7.33. The minimum atomic E-state index is -3.06. The molecule has 0 unspecified atom stereocenters. The van der Waals surface area contributed by atoms with E-state index in [0.717, 1.165) is 0 Å². The van der Waals surface area contributed by atoms with Crippen LogP contribution in [0.4, 0.5) is 0 Å². The van der Waals surface area contributed by atoms with Gasteiger partial charge in [0, 0.05) is 0 Å². The Bertz CT molecular complexity index is 382. The van der Waals surface area contributed by atoms with Crippen LogP contribution in [0.3, 0.4) is 0 Å². The highest BCUT2D eigenvalue weighted by molar-refractivity contribution is 7.91. The molecule has 1 fully saturated rings. The number of rotatable bonds is 3. The minimum absolute atomic E-state index is 0.0770. The zero-order valence-electron chi connectivity index (χ0n) is 10.5. The van der Waals surface area contributed by atoms with E-state index in [0.29, 0.717) is 0 Å². The van der Waals surface area contributed by atoms with Crippen molar-refractivity contribution >= 4 is 15.8 Å². The lowest BCUT2D eigenvalue weighted by Gasteiger charge is -2.42. The molecule has 1 saturated heterocycles. The van der Waals surface area contributed by atoms with E-state index in [2.05, 4.69) is 0 Å². The van der Waals surface area contributed by atoms with Crippen LogP contribution in [0.15, 0.2) is 0 Å². The van der Waals surface area contributed by atoms with Crippen molar-refractivity contribution in [3.8, 4) is 0 Å². The zero-order valence-corrected chi connectivity index (χ0v) is 11.3. The van der Waals surface area contributed by atoms with Gasteiger partial charge in [-0.1, -0.05) is 0 Å². The quantitative estimate of drug-likeness (QED) is 0.751. The highest BCUT2D eigenvalue weighted by atomic mass is 32.2. The molecular weight excluding hydrogens is 244 g/mol. The summed E-state index contributed by atoms with van der Waals surface area (Å²) in [4.78, 5) is 11.8. The summed E-state index contributed by atoms with van der Waals surface area (Å²) in [5.74, 6) is -0.639. The fourth-order valence-electron chi connectivity index (χ4n) is 2.00. The molecular formula is C11H20O5S. The van der Waals surface area contributed by atoms with E-state index >= 15 is 0 Å². The van der Waals surface area contributed by atoms with Crippen LogP contribution < -0.4 is 0 Å². The van der Waals surface area contributed by atoms with Crippen molar-refractivity contribution in [3.63, 3.8) is 0 Å². The molecule has 1 rings (SSSR count). The van der Waals surface area contributed by atoms with Crippen molar-refractivity contribution in [1.29, 1.82) is 0 Å². The largest absolute Gasteiger partial charge is 0.465 e. The molecule has 1 heterocycles. The second kappa shape index (κ2) is 4.57. The fourth-order valence-corrected chi connectivity index (χ4v) is 3.50. The number of hydrogen-bond donors (Lipinski definition) is 1. The van der Waals surface area contributed by atoms with Crippen LogP contribution in [0.25, 0.3) is 0 Å². The fraction of sp³-hybridized carbons (Fsp3) is 0.909. The van der Waals surface area contributed by atoms with Crippen LogP contribution in [0.2, 0.25) is 0 Å². The van der Waals surface area contributed by atoms with Crippen molar-refractivity contribution in [3.05, 3.63) is 0 Å². The Kier molecular flexibility index (Phi) is 3.88. The molecule has 0 saturated carbocycles. The van der Waals surface area contributed by atoms with Gasteiger partial charge in [-0.25, -0.2) is 8.42 Å². The Morgan fingerprint density at radius 2 is 1.82 bits per heavy atom. The smallest absolute Gasteiger partial charge is 0.314 e. The molecule has 6 heteroatoms. The average molecular weight is 264 g/mol. The number of esters is 1. The minimum Gasteiger partial charge on any atom is -0.465 e. The van der Waals surface area contributed by atoms with E-state index in [1.54, 1.807) is 20.8 Å². The van der Waals surface area contributed by atoms with Crippen LogP contribution in [0.1, 0.15) is 33.6 Å². The molecule has 1 aliphatic heterocycles. The lowest BCUT2D eigenvalue weighted by Crippen LogP contribution is -2.54. The number of carbonyl (C=O) groups excluding carboxylic acids is 1. The SMILES string of the molecule is CCOC(=O)C(C)(C)C1(O)CCS(=O)(=O)CC1. The summed E-state index contributed by atoms with van der Waals surface area (Å²) in [6.07, 6.45) is 0.169. The Morgan fingerprint density at radius 3 is 2.24 bits per heavy atom. The van der Waals surface area contributed by atoms with Gasteiger partial charge in [-0.2, -0.15) is 0 Å². The van der Waals surface area contributed by atoms with E-state index in [9.17, 15) is 18.3 Å². The van der Waals surface area contributed by atoms with Gasteiger partial charge >= 0.3 is 5.97 Å². The van der Waals surface area contributed by atoms with E-state index in [1.165, 1.54) is 0 Å². The maximum absolute atomic E-state index is 11.8. The summed E-state index contributed by atoms with van der Waals surface area (Å²) in [5.41, 5.74) is -2.39. The first kappa shape index (κ1) is 14.4. The van der Waals surface area contributed by atoms with Gasteiger partial charge < -0.3 is 9.84 Å². The van der Waals surface area contributed by atoms with E-state index in [-0.39, 0.29) is 31.0 Å². The molecule has 100 valence electrons. The van der Waals surface area contributed by atoms with Gasteiger partial charge in [0.1, 0.15) is 0 Å². The molecule has 0 aromatic heterocycles. The Balaban J connectivity index is 2.87. The van der Waals surface area contributed by atoms with Crippen molar-refractivity contribution in [2.75, 3.05) is 18.1 Å². The Labute approximate surface area is 102 Å². The summed E-state index contributed by atoms with van der Waals surface area (Å²) in [6.45, 7) is 5.14. The molecule has 0 bridgehead atoms. The monoisotopic (exact) mass is 264 g/mol. The third kappa shape index (κ3) is 2.80. The van der Waals surface area contributed by atoms with Crippen molar-refractivity contribution in [2.24, 2.45) is 5.41 Å². The van der Waals surface area contributed by atoms with Crippen LogP contribution in [-0.4, -0.2) is 43.2 Å². The molecule has 1 N–H and O–H groups in total. The third-order valence-corrected chi connectivity index (χ3v) is 5.25. The summed E-state index contributed by atoms with van der Waals surface area (Å²) in [5, 5.41) is 10.5. The predicted octanol–water partition coefficient (Wildman–Crippen LogP) is 0.515. The molecule has 0 amide bonds. The van der Waals surface area contributed by atoms with Crippen LogP contribution in [0.5, 0.6) is 0 Å². The number of sulfone groups is 1. The molecule has 0 aromatic rings. The van der Waals surface area contributed by atoms with Gasteiger partial charge in [0.15, 0.2) is 9.84 Å². The van der Waals surface area contributed by atoms with Crippen molar-refractivity contribution < 1.29 is 23.1 Å². The summed E-state index contributed by atoms with van der Waals surface area (Å²) < 4.78 is 27.6. The Morgan fingerprint density at radius 1 is 1.35 bits per heavy atom. The Hall–Kier alpha value is -0.620. The molecule has 1 aliphatic rings. The van der Waals surface area contributed by atoms with E-state index in [1.807, 2.05) is 0 Å². The van der Waals surface area contributed by atoms with Gasteiger partial charge in [0.05, 0.1) is 29.1 Å². The van der Waals surface area contributed by atoms with E-state index in [4.69, 9.17) is 4.74 Å². The van der Waals surface area contributed by atoms with Crippen molar-refractivity contribution in [1.82, 2.24) is 0 Å². The molecule has 5 nitrogen and oxygen atoms in total. The second-order valence-electron chi connectivity index (χ2n) is 5.03. The normalized spacial score (nSPS) is 23.1. The highest BCUT2D eigenvalue weighted by Gasteiger charge is 2.52.